The Morgan fingerprint density at radius 3 is 3.00 bits per heavy atom. The number of hydrogen-bond donors (Lipinski definition) is 2. The number of aromatic nitrogens is 2. The van der Waals surface area contributed by atoms with Crippen LogP contribution in [0, 0.1) is 6.92 Å². The Labute approximate surface area is 60.7 Å². The van der Waals surface area contributed by atoms with Gasteiger partial charge in [0.05, 0.1) is 0 Å². The van der Waals surface area contributed by atoms with Crippen LogP contribution in [-0.4, -0.2) is 16.5 Å². The van der Waals surface area contributed by atoms with Crippen LogP contribution in [0.2, 0.25) is 0 Å². The van der Waals surface area contributed by atoms with Gasteiger partial charge in [0.25, 0.3) is 0 Å². The smallest absolute Gasteiger partial charge is 0.103 e. The van der Waals surface area contributed by atoms with E-state index in [0.717, 1.165) is 25.2 Å². The van der Waals surface area contributed by atoms with Gasteiger partial charge in [0.1, 0.15) is 5.82 Å². The number of nitrogens with one attached hydrogen (secondary N) is 1. The van der Waals surface area contributed by atoms with Gasteiger partial charge < -0.3 is 10.7 Å². The van der Waals surface area contributed by atoms with Gasteiger partial charge in [0.2, 0.25) is 0 Å². The Kier molecular flexibility index (Phi) is 2.45. The lowest BCUT2D eigenvalue weighted by Crippen LogP contribution is -2.00. The molecule has 0 amide bonds. The standard InChI is InChI=1S/C7H13N3/c1-6-9-5-7(10-6)3-2-4-8/h5H,2-4,8H2,1H3,(H,9,10). The number of imidazole rings is 1. The molecule has 0 spiro atoms. The molecule has 0 unspecified atom stereocenters. The zero-order chi connectivity index (χ0) is 7.40. The van der Waals surface area contributed by atoms with E-state index in [-0.39, 0.29) is 0 Å². The first-order valence-electron chi connectivity index (χ1n) is 3.53. The summed E-state index contributed by atoms with van der Waals surface area (Å²) in [4.78, 5) is 7.22. The highest BCUT2D eigenvalue weighted by molar-refractivity contribution is 4.99. The van der Waals surface area contributed by atoms with Crippen molar-refractivity contribution in [2.24, 2.45) is 5.73 Å². The summed E-state index contributed by atoms with van der Waals surface area (Å²) in [6.07, 6.45) is 3.91. The summed E-state index contributed by atoms with van der Waals surface area (Å²) in [6, 6.07) is 0. The molecular weight excluding hydrogens is 126 g/mol. The van der Waals surface area contributed by atoms with Gasteiger partial charge in [0, 0.05) is 11.9 Å². The van der Waals surface area contributed by atoms with Crippen LogP contribution in [0.25, 0.3) is 0 Å². The molecule has 1 aromatic rings. The van der Waals surface area contributed by atoms with E-state index >= 15 is 0 Å². The van der Waals surface area contributed by atoms with Crippen molar-refractivity contribution in [1.82, 2.24) is 9.97 Å². The molecule has 10 heavy (non-hydrogen) atoms. The van der Waals surface area contributed by atoms with Crippen LogP contribution in [0.3, 0.4) is 0 Å². The van der Waals surface area contributed by atoms with E-state index in [1.54, 1.807) is 0 Å². The maximum atomic E-state index is 5.35. The van der Waals surface area contributed by atoms with E-state index in [1.807, 2.05) is 13.1 Å². The van der Waals surface area contributed by atoms with Crippen molar-refractivity contribution < 1.29 is 0 Å². The number of rotatable bonds is 3. The van der Waals surface area contributed by atoms with Crippen molar-refractivity contribution in [2.75, 3.05) is 6.54 Å². The van der Waals surface area contributed by atoms with Crippen molar-refractivity contribution in [3.05, 3.63) is 17.7 Å². The molecule has 0 saturated carbocycles. The van der Waals surface area contributed by atoms with Gasteiger partial charge in [-0.05, 0) is 26.3 Å². The Morgan fingerprint density at radius 1 is 1.70 bits per heavy atom. The van der Waals surface area contributed by atoms with Gasteiger partial charge in [-0.3, -0.25) is 0 Å². The van der Waals surface area contributed by atoms with Crippen LogP contribution in [0.15, 0.2) is 6.20 Å². The van der Waals surface area contributed by atoms with E-state index in [2.05, 4.69) is 9.97 Å². The van der Waals surface area contributed by atoms with Crippen molar-refractivity contribution in [2.45, 2.75) is 19.8 Å². The fraction of sp³-hybridized carbons (Fsp3) is 0.571. The third kappa shape index (κ3) is 1.84. The lowest BCUT2D eigenvalue weighted by atomic mass is 10.2. The maximum Gasteiger partial charge on any atom is 0.103 e. The number of H-pyrrole nitrogens is 1. The van der Waals surface area contributed by atoms with Crippen molar-refractivity contribution in [3.63, 3.8) is 0 Å². The van der Waals surface area contributed by atoms with Crippen LogP contribution in [0.4, 0.5) is 0 Å². The predicted molar refractivity (Wildman–Crippen MR) is 40.7 cm³/mol. The number of aromatic amines is 1. The molecule has 56 valence electrons. The number of aryl methyl sites for hydroxylation is 2. The van der Waals surface area contributed by atoms with Crippen LogP contribution >= 0.6 is 0 Å². The second-order valence-electron chi connectivity index (χ2n) is 2.39. The molecule has 0 bridgehead atoms. The van der Waals surface area contributed by atoms with Crippen molar-refractivity contribution in [1.29, 1.82) is 0 Å². The van der Waals surface area contributed by atoms with E-state index in [0.29, 0.717) is 0 Å². The minimum absolute atomic E-state index is 0.748. The van der Waals surface area contributed by atoms with E-state index in [4.69, 9.17) is 5.73 Å². The topological polar surface area (TPSA) is 54.7 Å². The first-order valence-corrected chi connectivity index (χ1v) is 3.53. The first kappa shape index (κ1) is 7.28. The Bertz CT molecular complexity index is 192. The average Bonchev–Trinajstić information content (AvgIpc) is 2.31. The van der Waals surface area contributed by atoms with Gasteiger partial charge in [-0.2, -0.15) is 0 Å². The molecule has 0 radical (unpaired) electrons. The predicted octanol–water partition coefficient (Wildman–Crippen LogP) is 0.609. The fourth-order valence-electron chi connectivity index (χ4n) is 0.891. The van der Waals surface area contributed by atoms with Gasteiger partial charge in [0.15, 0.2) is 0 Å². The summed E-state index contributed by atoms with van der Waals surface area (Å²) in [5.41, 5.74) is 6.53. The van der Waals surface area contributed by atoms with Gasteiger partial charge in [-0.15, -0.1) is 0 Å². The van der Waals surface area contributed by atoms with Gasteiger partial charge in [-0.1, -0.05) is 0 Å². The fourth-order valence-corrected chi connectivity index (χ4v) is 0.891. The maximum absolute atomic E-state index is 5.35. The van der Waals surface area contributed by atoms with E-state index in [1.165, 1.54) is 5.69 Å². The minimum Gasteiger partial charge on any atom is -0.346 e. The summed E-state index contributed by atoms with van der Waals surface area (Å²) in [6.45, 7) is 2.70. The summed E-state index contributed by atoms with van der Waals surface area (Å²) in [5, 5.41) is 0. The highest BCUT2D eigenvalue weighted by atomic mass is 14.9. The summed E-state index contributed by atoms with van der Waals surface area (Å²) >= 11 is 0. The lowest BCUT2D eigenvalue weighted by molar-refractivity contribution is 0.814. The third-order valence-corrected chi connectivity index (χ3v) is 1.41. The molecule has 0 atom stereocenters. The average molecular weight is 139 g/mol. The monoisotopic (exact) mass is 139 g/mol. The van der Waals surface area contributed by atoms with Crippen molar-refractivity contribution >= 4 is 0 Å². The summed E-state index contributed by atoms with van der Waals surface area (Å²) in [7, 11) is 0. The van der Waals surface area contributed by atoms with Crippen molar-refractivity contribution in [3.8, 4) is 0 Å². The molecule has 1 rings (SSSR count). The highest BCUT2D eigenvalue weighted by Crippen LogP contribution is 1.98. The second-order valence-corrected chi connectivity index (χ2v) is 2.39. The number of hydrogen-bond acceptors (Lipinski definition) is 2. The van der Waals surface area contributed by atoms with Crippen LogP contribution in [-0.2, 0) is 6.42 Å². The molecule has 0 aromatic carbocycles. The van der Waals surface area contributed by atoms with Gasteiger partial charge in [-0.25, -0.2) is 4.98 Å². The highest BCUT2D eigenvalue weighted by Gasteiger charge is 1.93. The molecular formula is C7H13N3. The molecule has 1 aromatic heterocycles. The SMILES string of the molecule is Cc1ncc(CCCN)[nH]1. The summed E-state index contributed by atoms with van der Waals surface area (Å²) < 4.78 is 0. The minimum atomic E-state index is 0.748. The molecule has 0 aliphatic rings. The Balaban J connectivity index is 2.42. The zero-order valence-electron chi connectivity index (χ0n) is 6.22. The molecule has 3 heteroatoms. The quantitative estimate of drug-likeness (QED) is 0.644. The van der Waals surface area contributed by atoms with Crippen LogP contribution in [0.1, 0.15) is 17.9 Å². The molecule has 1 heterocycles. The molecule has 3 N–H and O–H groups in total. The van der Waals surface area contributed by atoms with Gasteiger partial charge >= 0.3 is 0 Å². The number of nitrogens with two attached hydrogens (primary N) is 1. The Morgan fingerprint density at radius 2 is 2.50 bits per heavy atom. The van der Waals surface area contributed by atoms with E-state index in [9.17, 15) is 0 Å². The Hall–Kier alpha value is -0.830. The molecule has 0 fully saturated rings. The summed E-state index contributed by atoms with van der Waals surface area (Å²) in [5.74, 6) is 0.979. The largest absolute Gasteiger partial charge is 0.346 e. The first-order chi connectivity index (χ1) is 4.83. The normalized spacial score (nSPS) is 10.2. The zero-order valence-corrected chi connectivity index (χ0v) is 6.22. The molecule has 0 saturated heterocycles. The number of nitrogens with zero attached hydrogens (tertiary/aromatic N) is 1. The molecule has 0 aliphatic carbocycles. The molecule has 0 aliphatic heterocycles. The van der Waals surface area contributed by atoms with Crippen LogP contribution < -0.4 is 5.73 Å². The van der Waals surface area contributed by atoms with Crippen LogP contribution in [0.5, 0.6) is 0 Å². The molecule has 3 nitrogen and oxygen atoms in total. The lowest BCUT2D eigenvalue weighted by Gasteiger charge is -1.91. The third-order valence-electron chi connectivity index (χ3n) is 1.41. The van der Waals surface area contributed by atoms with E-state index < -0.39 is 0 Å². The second kappa shape index (κ2) is 3.37.